The van der Waals surface area contributed by atoms with Crippen LogP contribution in [-0.2, 0) is 24.8 Å². The highest BCUT2D eigenvalue weighted by molar-refractivity contribution is 7.99. The number of benzene rings is 2. The molecule has 0 aliphatic carbocycles. The predicted octanol–water partition coefficient (Wildman–Crippen LogP) is 8.88. The summed E-state index contributed by atoms with van der Waals surface area (Å²) in [6.45, 7) is 22.3. The molecule has 2 aromatic heterocycles. The second kappa shape index (κ2) is 15.9. The molecular weight excluding hydrogens is 695 g/mol. The Balaban J connectivity index is 1.47. The minimum absolute atomic E-state index is 0.0130. The van der Waals surface area contributed by atoms with Crippen LogP contribution in [0.2, 0.25) is 36.3 Å². The number of para-hydroxylation sites is 1. The molecule has 1 N–H and O–H groups in total. The van der Waals surface area contributed by atoms with Gasteiger partial charge in [0.25, 0.3) is 5.91 Å². The lowest BCUT2D eigenvalue weighted by atomic mass is 10.2. The molecule has 0 radical (unpaired) electrons. The average Bonchev–Trinajstić information content (AvgIpc) is 3.64. The van der Waals surface area contributed by atoms with Crippen LogP contribution in [0.3, 0.4) is 0 Å². The van der Waals surface area contributed by atoms with Crippen LogP contribution in [0.25, 0.3) is 11.2 Å². The fourth-order valence-electron chi connectivity index (χ4n) is 5.06. The minimum atomic E-state index is -2.26. The van der Waals surface area contributed by atoms with Crippen molar-refractivity contribution in [2.75, 3.05) is 24.3 Å². The van der Waals surface area contributed by atoms with E-state index in [0.29, 0.717) is 35.6 Å². The molecule has 1 aliphatic heterocycles. The maximum atomic E-state index is 13.1. The van der Waals surface area contributed by atoms with E-state index in [2.05, 4.69) is 85.2 Å². The number of anilines is 1. The highest BCUT2D eigenvalue weighted by atomic mass is 32.2. The van der Waals surface area contributed by atoms with Crippen molar-refractivity contribution in [1.29, 1.82) is 0 Å². The van der Waals surface area contributed by atoms with E-state index in [0.717, 1.165) is 10.6 Å². The number of ether oxygens (including phenoxy) is 2. The molecule has 5 rings (SSSR count). The molecule has 1 aliphatic rings. The van der Waals surface area contributed by atoms with Gasteiger partial charge in [0, 0.05) is 23.5 Å². The number of hydrogen-bond donors (Lipinski definition) is 1. The lowest BCUT2D eigenvalue weighted by Gasteiger charge is -2.40. The molecular formula is C38H55N5O5SSi2. The van der Waals surface area contributed by atoms with Crippen molar-refractivity contribution in [2.45, 2.75) is 114 Å². The van der Waals surface area contributed by atoms with Crippen LogP contribution in [0.4, 0.5) is 5.95 Å². The summed E-state index contributed by atoms with van der Waals surface area (Å²) < 4.78 is 37.5. The van der Waals surface area contributed by atoms with E-state index in [-0.39, 0.29) is 35.2 Å². The van der Waals surface area contributed by atoms with Crippen LogP contribution < -0.4 is 10.1 Å². The summed E-state index contributed by atoms with van der Waals surface area (Å²) in [5.41, 5.74) is 1.63. The molecule has 13 heteroatoms. The molecule has 2 aromatic carbocycles. The lowest BCUT2D eigenvalue weighted by molar-refractivity contribution is -0.118. The fraction of sp³-hybridized carbons (Fsp3) is 0.526. The van der Waals surface area contributed by atoms with Gasteiger partial charge in [0.05, 0.1) is 26.1 Å². The molecule has 1 unspecified atom stereocenters. The van der Waals surface area contributed by atoms with E-state index in [9.17, 15) is 6.17 Å². The second-order valence-electron chi connectivity index (χ2n) is 16.1. The number of carbonyl (C=O) groups excluding carboxylic acids is 1. The summed E-state index contributed by atoms with van der Waals surface area (Å²) in [4.78, 5) is 28.5. The highest BCUT2D eigenvalue weighted by Crippen LogP contribution is 2.43. The topological polar surface area (TPSA) is 110 Å². The number of rotatable bonds is 14. The van der Waals surface area contributed by atoms with Gasteiger partial charge in [-0.2, -0.15) is 4.98 Å². The first-order valence-corrected chi connectivity index (χ1v) is 24.5. The largest absolute Gasteiger partial charge is 0.484 e. The smallest absolute Gasteiger partial charge is 0.264 e. The van der Waals surface area contributed by atoms with Gasteiger partial charge in [-0.05, 0) is 60.5 Å². The van der Waals surface area contributed by atoms with Crippen molar-refractivity contribution in [3.63, 3.8) is 0 Å². The zero-order chi connectivity index (χ0) is 38.0. The Bertz CT molecular complexity index is 1820. The minimum Gasteiger partial charge on any atom is -0.484 e. The van der Waals surface area contributed by atoms with Crippen molar-refractivity contribution < 1.29 is 24.5 Å². The number of aryl methyl sites for hydroxylation is 1. The van der Waals surface area contributed by atoms with E-state index in [4.69, 9.17) is 33.3 Å². The molecule has 1 fully saturated rings. The number of thioether (sulfide) groups is 1. The average molecular weight is 751 g/mol. The van der Waals surface area contributed by atoms with Crippen LogP contribution in [0.15, 0.2) is 71.9 Å². The van der Waals surface area contributed by atoms with Gasteiger partial charge in [0.2, 0.25) is 5.95 Å². The van der Waals surface area contributed by atoms with Gasteiger partial charge in [-0.3, -0.25) is 14.7 Å². The third kappa shape index (κ3) is 9.88. The number of imidazole rings is 1. The molecule has 3 heterocycles. The summed E-state index contributed by atoms with van der Waals surface area (Å²) in [5, 5.41) is 2.79. The van der Waals surface area contributed by atoms with Crippen LogP contribution >= 0.6 is 11.8 Å². The van der Waals surface area contributed by atoms with E-state index < -0.39 is 34.8 Å². The van der Waals surface area contributed by atoms with E-state index in [1.54, 1.807) is 34.8 Å². The molecule has 3 atom stereocenters. The number of aromatic nitrogens is 4. The second-order valence-corrected chi connectivity index (χ2v) is 26.8. The molecule has 0 saturated carbocycles. The van der Waals surface area contributed by atoms with Crippen LogP contribution in [0.5, 0.6) is 5.75 Å². The van der Waals surface area contributed by atoms with Gasteiger partial charge < -0.3 is 18.3 Å². The maximum Gasteiger partial charge on any atom is 0.264 e. The number of fused-ring (bicyclic) bond motifs is 1. The molecule has 1 saturated heterocycles. The van der Waals surface area contributed by atoms with Crippen LogP contribution in [-0.4, -0.2) is 73.2 Å². The Hall–Kier alpha value is -3.08. The molecule has 1 amide bonds. The van der Waals surface area contributed by atoms with Gasteiger partial charge in [-0.25, -0.2) is 9.97 Å². The molecule has 10 nitrogen and oxygen atoms in total. The van der Waals surface area contributed by atoms with Crippen molar-refractivity contribution in [3.8, 4) is 5.75 Å². The first-order valence-electron chi connectivity index (χ1n) is 18.2. The first kappa shape index (κ1) is 37.7. The molecule has 0 spiro atoms. The zero-order valence-electron chi connectivity index (χ0n) is 32.8. The standard InChI is InChI=1S/C38H55N5O5SSi2/c1-37(2,3)50(7,8)46-24-31-30(48-51(9,10)38(4,5)6)23-33(47-31)43-26-39-34-29(21-22-49-28-19-15-12-16-20-28)40-36(42-35(34)43)41-32(44)25-45-27-17-13-11-14-18-27/h11-20,26,30-31,33H,21-25H2,1-10H3,(H,40,41,42,44)/t30-,31+,33?/m0/s1/i33D. The maximum absolute atomic E-state index is 13.1. The fourth-order valence-corrected chi connectivity index (χ4v) is 8.30. The molecule has 51 heavy (non-hydrogen) atoms. The van der Waals surface area contributed by atoms with Gasteiger partial charge in [-0.1, -0.05) is 77.9 Å². The number of nitrogens with one attached hydrogen (secondary N) is 1. The normalized spacial score (nSPS) is 20.4. The van der Waals surface area contributed by atoms with E-state index in [1.807, 2.05) is 36.4 Å². The third-order valence-electron chi connectivity index (χ3n) is 10.2. The number of carbonyl (C=O) groups is 1. The Morgan fingerprint density at radius 1 is 0.980 bits per heavy atom. The van der Waals surface area contributed by atoms with E-state index >= 15 is 0 Å². The van der Waals surface area contributed by atoms with Gasteiger partial charge in [0.15, 0.2) is 28.9 Å². The SMILES string of the molecule is [2H]C1(n2cnc3c(CCSc4ccccc4)nc(NC(=O)COc4ccccc4)nc32)C[C@H](O[Si](C)(C)C(C)(C)C)[C@@H](CO[Si](C)(C)C(C)(C)C)O1. The van der Waals surface area contributed by atoms with Crippen molar-refractivity contribution in [2.24, 2.45) is 0 Å². The van der Waals surface area contributed by atoms with Crippen molar-refractivity contribution in [3.05, 3.63) is 72.7 Å². The molecule has 4 aromatic rings. The quantitative estimate of drug-likeness (QED) is 0.0999. The Morgan fingerprint density at radius 2 is 1.63 bits per heavy atom. The summed E-state index contributed by atoms with van der Waals surface area (Å²) >= 11 is 1.71. The number of amides is 1. The zero-order valence-corrected chi connectivity index (χ0v) is 34.6. The summed E-state index contributed by atoms with van der Waals surface area (Å²) in [6, 6.07) is 19.3. The lowest BCUT2D eigenvalue weighted by Crippen LogP contribution is -2.48. The Labute approximate surface area is 311 Å². The van der Waals surface area contributed by atoms with Gasteiger partial charge >= 0.3 is 0 Å². The van der Waals surface area contributed by atoms with E-state index in [1.165, 1.54) is 0 Å². The Morgan fingerprint density at radius 3 is 2.27 bits per heavy atom. The predicted molar refractivity (Wildman–Crippen MR) is 211 cm³/mol. The van der Waals surface area contributed by atoms with Crippen molar-refractivity contribution >= 4 is 51.4 Å². The van der Waals surface area contributed by atoms with Crippen LogP contribution in [0.1, 0.15) is 61.2 Å². The van der Waals surface area contributed by atoms with Gasteiger partial charge in [0.1, 0.15) is 23.6 Å². The third-order valence-corrected chi connectivity index (χ3v) is 20.2. The van der Waals surface area contributed by atoms with Crippen LogP contribution in [0, 0.1) is 0 Å². The monoisotopic (exact) mass is 750 g/mol. The number of hydrogen-bond acceptors (Lipinski definition) is 9. The Kier molecular flexibility index (Phi) is 11.7. The van der Waals surface area contributed by atoms with Gasteiger partial charge in [-0.15, -0.1) is 11.8 Å². The first-order chi connectivity index (χ1) is 24.3. The molecule has 0 bridgehead atoms. The molecule has 276 valence electrons. The summed E-state index contributed by atoms with van der Waals surface area (Å²) in [7, 11) is -4.38. The number of nitrogens with zero attached hydrogens (tertiary/aromatic N) is 4. The highest BCUT2D eigenvalue weighted by Gasteiger charge is 2.47. The summed E-state index contributed by atoms with van der Waals surface area (Å²) in [5.74, 6) is 1.03. The summed E-state index contributed by atoms with van der Waals surface area (Å²) in [6.07, 6.45) is -0.0255. The van der Waals surface area contributed by atoms with Crippen molar-refractivity contribution in [1.82, 2.24) is 19.5 Å².